The largest absolute Gasteiger partial charge is 0.478 e. The molecule has 0 bridgehead atoms. The summed E-state index contributed by atoms with van der Waals surface area (Å²) in [6, 6.07) is 15.9. The van der Waals surface area contributed by atoms with Crippen molar-refractivity contribution in [1.29, 1.82) is 0 Å². The molecule has 1 aromatic heterocycles. The summed E-state index contributed by atoms with van der Waals surface area (Å²) in [7, 11) is 0. The molecule has 12 nitrogen and oxygen atoms in total. The van der Waals surface area contributed by atoms with Gasteiger partial charge in [0, 0.05) is 35.2 Å². The van der Waals surface area contributed by atoms with Crippen molar-refractivity contribution in [2.24, 2.45) is 11.8 Å². The summed E-state index contributed by atoms with van der Waals surface area (Å²) in [6.07, 6.45) is 2.47. The van der Waals surface area contributed by atoms with Gasteiger partial charge in [0.25, 0.3) is 0 Å². The van der Waals surface area contributed by atoms with Crippen molar-refractivity contribution < 1.29 is 29.0 Å². The van der Waals surface area contributed by atoms with E-state index < -0.39 is 29.6 Å². The minimum absolute atomic E-state index is 0.0860. The number of H-pyrrole nitrogens is 2. The first-order chi connectivity index (χ1) is 23.2. The number of benzene rings is 3. The van der Waals surface area contributed by atoms with Crippen molar-refractivity contribution in [2.45, 2.75) is 64.5 Å². The molecule has 0 saturated heterocycles. The molecule has 1 aliphatic rings. The normalized spacial score (nSPS) is 16.8. The van der Waals surface area contributed by atoms with Crippen LogP contribution in [0.15, 0.2) is 65.5 Å². The number of fused-ring (bicyclic) bond motifs is 1. The second-order valence-electron chi connectivity index (χ2n) is 13.4. The van der Waals surface area contributed by atoms with Gasteiger partial charge in [-0.25, -0.2) is 14.4 Å². The van der Waals surface area contributed by atoms with E-state index in [1.54, 1.807) is 24.3 Å². The zero-order valence-corrected chi connectivity index (χ0v) is 28.3. The highest BCUT2D eigenvalue weighted by atomic mass is 35.5. The number of ether oxygens (including phenoxy) is 1. The monoisotopic (exact) mass is 689 g/mol. The molecule has 5 rings (SSSR count). The van der Waals surface area contributed by atoms with Gasteiger partial charge < -0.3 is 35.8 Å². The Morgan fingerprint density at radius 3 is 2.29 bits per heavy atom. The number of rotatable bonds is 10. The Labute approximate surface area is 288 Å². The van der Waals surface area contributed by atoms with Gasteiger partial charge in [-0.3, -0.25) is 9.59 Å². The molecule has 1 unspecified atom stereocenters. The lowest BCUT2D eigenvalue weighted by molar-refractivity contribution is -0.130. The van der Waals surface area contributed by atoms with Gasteiger partial charge in [-0.1, -0.05) is 41.9 Å². The van der Waals surface area contributed by atoms with E-state index in [9.17, 15) is 29.1 Å². The fraction of sp³-hybridized carbons (Fsp3) is 0.361. The minimum atomic E-state index is -1.07. The second-order valence-corrected chi connectivity index (χ2v) is 13.8. The predicted molar refractivity (Wildman–Crippen MR) is 187 cm³/mol. The molecule has 0 aliphatic heterocycles. The molecule has 1 heterocycles. The Morgan fingerprint density at radius 1 is 0.939 bits per heavy atom. The molecule has 49 heavy (non-hydrogen) atoms. The zero-order valence-electron chi connectivity index (χ0n) is 27.5. The third-order valence-corrected chi connectivity index (χ3v) is 8.80. The van der Waals surface area contributed by atoms with Crippen LogP contribution in [0.3, 0.4) is 0 Å². The quantitative estimate of drug-likeness (QED) is 0.120. The number of carboxylic acids is 1. The smallest absolute Gasteiger partial charge is 0.407 e. The average Bonchev–Trinajstić information content (AvgIpc) is 3.42. The van der Waals surface area contributed by atoms with Crippen molar-refractivity contribution in [3.05, 3.63) is 87.3 Å². The number of amides is 3. The molecule has 3 amide bonds. The maximum absolute atomic E-state index is 13.7. The fourth-order valence-corrected chi connectivity index (χ4v) is 6.24. The Hall–Kier alpha value is -5.10. The van der Waals surface area contributed by atoms with Crippen LogP contribution in [0.2, 0.25) is 5.02 Å². The number of alkyl carbamates (subject to hydrolysis) is 1. The predicted octanol–water partition coefficient (Wildman–Crippen LogP) is 5.87. The number of hydrogen-bond acceptors (Lipinski definition) is 6. The molecule has 1 aliphatic carbocycles. The highest BCUT2D eigenvalue weighted by Gasteiger charge is 2.30. The third kappa shape index (κ3) is 9.50. The number of carbonyl (C=O) groups excluding carboxylic acids is 3. The van der Waals surface area contributed by atoms with Gasteiger partial charge in [0.1, 0.15) is 11.6 Å². The summed E-state index contributed by atoms with van der Waals surface area (Å²) in [5, 5.41) is 18.2. The Bertz CT molecular complexity index is 1900. The molecule has 0 spiro atoms. The summed E-state index contributed by atoms with van der Waals surface area (Å²) in [5.74, 6) is -1.77. The number of aromatic carboxylic acids is 1. The van der Waals surface area contributed by atoms with E-state index in [1.807, 2.05) is 45.0 Å². The van der Waals surface area contributed by atoms with Gasteiger partial charge in [-0.15, -0.1) is 0 Å². The molecular formula is C36H40ClN5O7. The van der Waals surface area contributed by atoms with Crippen LogP contribution in [0.25, 0.3) is 22.2 Å². The van der Waals surface area contributed by atoms with Crippen LogP contribution in [0.4, 0.5) is 10.5 Å². The number of imidazole rings is 1. The van der Waals surface area contributed by atoms with E-state index >= 15 is 0 Å². The van der Waals surface area contributed by atoms with Crippen LogP contribution < -0.4 is 21.6 Å². The molecule has 4 aromatic rings. The number of anilines is 1. The Morgan fingerprint density at radius 2 is 1.63 bits per heavy atom. The first kappa shape index (κ1) is 35.2. The van der Waals surface area contributed by atoms with Crippen LogP contribution in [0, 0.1) is 11.8 Å². The number of nitrogens with one attached hydrogen (secondary N) is 5. The fourth-order valence-electron chi connectivity index (χ4n) is 5.95. The van der Waals surface area contributed by atoms with Crippen LogP contribution in [-0.4, -0.2) is 57.1 Å². The Balaban J connectivity index is 1.26. The third-order valence-electron chi connectivity index (χ3n) is 8.49. The molecule has 0 radical (unpaired) electrons. The van der Waals surface area contributed by atoms with Crippen LogP contribution in [0.1, 0.15) is 62.4 Å². The SMILES string of the molecule is CC(C)(C)OC(=O)NCC1CCC(C(=O)NC(Cc2ccc(-c3ccc(C(=O)O)cc3Cl)cc2)C(=O)Nc2ccc3[nH]c(=O)[nH]c3c2)CC1. The van der Waals surface area contributed by atoms with Crippen molar-refractivity contribution in [2.75, 3.05) is 11.9 Å². The number of carboxylic acid groups (broad SMARTS) is 1. The van der Waals surface area contributed by atoms with E-state index in [0.29, 0.717) is 46.7 Å². The van der Waals surface area contributed by atoms with Gasteiger partial charge in [0.2, 0.25) is 11.8 Å². The number of carbonyl (C=O) groups is 4. The van der Waals surface area contributed by atoms with Crippen molar-refractivity contribution in [3.8, 4) is 11.1 Å². The van der Waals surface area contributed by atoms with Gasteiger partial charge in [0.15, 0.2) is 0 Å². The molecule has 1 fully saturated rings. The van der Waals surface area contributed by atoms with Gasteiger partial charge in [-0.2, -0.15) is 0 Å². The van der Waals surface area contributed by atoms with Gasteiger partial charge in [0.05, 0.1) is 16.6 Å². The summed E-state index contributed by atoms with van der Waals surface area (Å²) in [4.78, 5) is 67.6. The minimum Gasteiger partial charge on any atom is -0.478 e. The van der Waals surface area contributed by atoms with Crippen molar-refractivity contribution in [1.82, 2.24) is 20.6 Å². The maximum Gasteiger partial charge on any atom is 0.407 e. The van der Waals surface area contributed by atoms with Crippen molar-refractivity contribution in [3.63, 3.8) is 0 Å². The first-order valence-electron chi connectivity index (χ1n) is 16.2. The molecule has 3 aromatic carbocycles. The lowest BCUT2D eigenvalue weighted by Crippen LogP contribution is -2.48. The molecule has 13 heteroatoms. The highest BCUT2D eigenvalue weighted by molar-refractivity contribution is 6.33. The number of aromatic amines is 2. The lowest BCUT2D eigenvalue weighted by Gasteiger charge is -2.29. The average molecular weight is 690 g/mol. The summed E-state index contributed by atoms with van der Waals surface area (Å²) < 4.78 is 5.32. The van der Waals surface area contributed by atoms with Crippen LogP contribution >= 0.6 is 11.6 Å². The van der Waals surface area contributed by atoms with Gasteiger partial charge >= 0.3 is 17.8 Å². The number of hydrogen-bond donors (Lipinski definition) is 6. The van der Waals surface area contributed by atoms with Crippen LogP contribution in [0.5, 0.6) is 0 Å². The molecule has 258 valence electrons. The molecule has 1 saturated carbocycles. The van der Waals surface area contributed by atoms with Gasteiger partial charge in [-0.05, 0) is 93.8 Å². The van der Waals surface area contributed by atoms with Crippen molar-refractivity contribution >= 4 is 52.2 Å². The topological polar surface area (TPSA) is 182 Å². The standard InChI is InChI=1S/C36H40ClN5O7/c1-36(2,3)49-35(48)38-19-21-6-10-23(11-7-21)31(43)40-30(32(44)39-25-13-15-28-29(18-25)42-34(47)41-28)16-20-4-8-22(9-5-20)26-14-12-24(33(45)46)17-27(26)37/h4-5,8-9,12-15,17-18,21,23,30H,6-7,10-11,16,19H2,1-3H3,(H,38,48)(H,39,44)(H,40,43)(H,45,46)(H2,41,42,47). The number of halogens is 1. The van der Waals surface area contributed by atoms with E-state index in [1.165, 1.54) is 12.1 Å². The molecule has 1 atom stereocenters. The first-order valence-corrected chi connectivity index (χ1v) is 16.5. The maximum atomic E-state index is 13.7. The lowest BCUT2D eigenvalue weighted by atomic mass is 9.81. The summed E-state index contributed by atoms with van der Waals surface area (Å²) in [5.41, 5.74) is 2.95. The summed E-state index contributed by atoms with van der Waals surface area (Å²) in [6.45, 7) is 5.89. The van der Waals surface area contributed by atoms with E-state index in [-0.39, 0.29) is 35.4 Å². The number of aromatic nitrogens is 2. The van der Waals surface area contributed by atoms with E-state index in [4.69, 9.17) is 16.3 Å². The molecule has 6 N–H and O–H groups in total. The zero-order chi connectivity index (χ0) is 35.3. The van der Waals surface area contributed by atoms with E-state index in [2.05, 4.69) is 25.9 Å². The van der Waals surface area contributed by atoms with Crippen LogP contribution in [-0.2, 0) is 20.7 Å². The summed E-state index contributed by atoms with van der Waals surface area (Å²) >= 11 is 6.37. The second kappa shape index (κ2) is 15.0. The molecular weight excluding hydrogens is 650 g/mol. The van der Waals surface area contributed by atoms with E-state index in [0.717, 1.165) is 24.0 Å². The Kier molecular flexibility index (Phi) is 10.8. The highest BCUT2D eigenvalue weighted by Crippen LogP contribution is 2.31.